The molecule has 2 nitrogen and oxygen atoms in total. The zero-order valence-electron chi connectivity index (χ0n) is 16.8. The Kier molecular flexibility index (Phi) is 7.63. The second-order valence-corrected chi connectivity index (χ2v) is 8.78. The average molecular weight is 385 g/mol. The molecule has 3 heteroatoms. The van der Waals surface area contributed by atoms with Crippen molar-refractivity contribution < 1.29 is 9.53 Å². The number of ketones is 1. The minimum absolute atomic E-state index is 0.118. The maximum atomic E-state index is 11.8. The van der Waals surface area contributed by atoms with Crippen molar-refractivity contribution in [3.63, 3.8) is 0 Å². The summed E-state index contributed by atoms with van der Waals surface area (Å²) in [6.07, 6.45) is 11.6. The Hall–Kier alpha value is -1.48. The molecule has 27 heavy (non-hydrogen) atoms. The third-order valence-corrected chi connectivity index (χ3v) is 6.63. The van der Waals surface area contributed by atoms with Crippen LogP contribution in [0.15, 0.2) is 35.2 Å². The van der Waals surface area contributed by atoms with E-state index in [9.17, 15) is 4.79 Å². The first-order chi connectivity index (χ1) is 13.2. The lowest BCUT2D eigenvalue weighted by molar-refractivity contribution is 0.101. The van der Waals surface area contributed by atoms with Gasteiger partial charge >= 0.3 is 0 Å². The summed E-state index contributed by atoms with van der Waals surface area (Å²) in [5.41, 5.74) is 0.780. The van der Waals surface area contributed by atoms with E-state index < -0.39 is 0 Å². The van der Waals surface area contributed by atoms with E-state index in [1.54, 1.807) is 6.92 Å². The molecule has 1 fully saturated rings. The fraction of sp³-hybridized carbons (Fsp3) is 0.542. The third kappa shape index (κ3) is 5.51. The van der Waals surface area contributed by atoms with Crippen molar-refractivity contribution in [2.24, 2.45) is 0 Å². The van der Waals surface area contributed by atoms with Gasteiger partial charge < -0.3 is 4.74 Å². The molecule has 2 aromatic rings. The molecule has 0 amide bonds. The molecule has 0 atom stereocenters. The lowest BCUT2D eigenvalue weighted by Gasteiger charge is -2.20. The monoisotopic (exact) mass is 384 g/mol. The average Bonchev–Trinajstić information content (AvgIpc) is 2.94. The number of fused-ring (bicyclic) bond motifs is 1. The van der Waals surface area contributed by atoms with Crippen molar-refractivity contribution in [3.8, 4) is 5.75 Å². The molecule has 3 rings (SSSR count). The second-order valence-electron chi connectivity index (χ2n) is 7.67. The van der Waals surface area contributed by atoms with Gasteiger partial charge in [0.1, 0.15) is 5.75 Å². The summed E-state index contributed by atoms with van der Waals surface area (Å²) in [4.78, 5) is 13.0. The van der Waals surface area contributed by atoms with Crippen LogP contribution >= 0.6 is 11.8 Å². The molecule has 0 aromatic heterocycles. The highest BCUT2D eigenvalue weighted by atomic mass is 32.2. The fourth-order valence-corrected chi connectivity index (χ4v) is 4.96. The Labute approximate surface area is 168 Å². The maximum Gasteiger partial charge on any atom is 0.159 e. The van der Waals surface area contributed by atoms with Gasteiger partial charge in [-0.25, -0.2) is 0 Å². The van der Waals surface area contributed by atoms with E-state index in [1.165, 1.54) is 68.1 Å². The first-order valence-electron chi connectivity index (χ1n) is 10.6. The summed E-state index contributed by atoms with van der Waals surface area (Å²) in [5.74, 6) is 2.27. The van der Waals surface area contributed by atoms with Gasteiger partial charge in [0.2, 0.25) is 0 Å². The van der Waals surface area contributed by atoms with Gasteiger partial charge in [0.25, 0.3) is 0 Å². The molecule has 1 aliphatic carbocycles. The highest BCUT2D eigenvalue weighted by Crippen LogP contribution is 2.39. The topological polar surface area (TPSA) is 26.3 Å². The lowest BCUT2D eigenvalue weighted by atomic mass is 10.0. The van der Waals surface area contributed by atoms with E-state index in [0.29, 0.717) is 6.10 Å². The summed E-state index contributed by atoms with van der Waals surface area (Å²) in [6.45, 7) is 3.87. The molecule has 0 radical (unpaired) electrons. The Morgan fingerprint density at radius 2 is 1.85 bits per heavy atom. The standard InChI is InChI=1S/C24H32O2S/c1-3-4-9-16-27-24-22-14-12-19(18(2)25)17-20(22)13-15-23(24)26-21-10-7-5-6-8-11-21/h12-15,17,21H,3-11,16H2,1-2H3. The highest BCUT2D eigenvalue weighted by Gasteiger charge is 2.17. The van der Waals surface area contributed by atoms with Crippen molar-refractivity contribution >= 4 is 28.3 Å². The molecule has 0 aliphatic heterocycles. The van der Waals surface area contributed by atoms with Gasteiger partial charge in [-0.05, 0) is 67.7 Å². The number of rotatable bonds is 8. The zero-order chi connectivity index (χ0) is 19.1. The third-order valence-electron chi connectivity index (χ3n) is 5.43. The van der Waals surface area contributed by atoms with Crippen LogP contribution in [0.3, 0.4) is 0 Å². The van der Waals surface area contributed by atoms with Crippen molar-refractivity contribution in [1.82, 2.24) is 0 Å². The highest BCUT2D eigenvalue weighted by molar-refractivity contribution is 7.99. The van der Waals surface area contributed by atoms with Gasteiger partial charge in [-0.3, -0.25) is 4.79 Å². The molecule has 0 unspecified atom stereocenters. The van der Waals surface area contributed by atoms with Gasteiger partial charge in [-0.1, -0.05) is 50.8 Å². The molecule has 1 saturated carbocycles. The fourth-order valence-electron chi connectivity index (χ4n) is 3.81. The molecule has 2 aromatic carbocycles. The number of hydrogen-bond acceptors (Lipinski definition) is 3. The van der Waals surface area contributed by atoms with Gasteiger partial charge in [-0.2, -0.15) is 0 Å². The molecule has 0 bridgehead atoms. The van der Waals surface area contributed by atoms with E-state index in [2.05, 4.69) is 25.1 Å². The van der Waals surface area contributed by atoms with E-state index in [-0.39, 0.29) is 5.78 Å². The summed E-state index contributed by atoms with van der Waals surface area (Å²) in [7, 11) is 0. The zero-order valence-corrected chi connectivity index (χ0v) is 17.6. The summed E-state index contributed by atoms with van der Waals surface area (Å²) < 4.78 is 6.52. The van der Waals surface area contributed by atoms with Crippen LogP contribution in [0.25, 0.3) is 10.8 Å². The number of carbonyl (C=O) groups is 1. The molecular weight excluding hydrogens is 352 g/mol. The SMILES string of the molecule is CCCCCSc1c(OC2CCCCCC2)ccc2cc(C(C)=O)ccc12. The second kappa shape index (κ2) is 10.2. The Morgan fingerprint density at radius 1 is 1.07 bits per heavy atom. The van der Waals surface area contributed by atoms with Crippen LogP contribution in [0.2, 0.25) is 0 Å². The molecule has 146 valence electrons. The number of thioether (sulfide) groups is 1. The van der Waals surface area contributed by atoms with Gasteiger partial charge in [0, 0.05) is 5.56 Å². The Bertz CT molecular complexity index is 760. The first kappa shape index (κ1) is 20.3. The van der Waals surface area contributed by atoms with Crippen molar-refractivity contribution in [3.05, 3.63) is 35.9 Å². The smallest absolute Gasteiger partial charge is 0.159 e. The van der Waals surface area contributed by atoms with E-state index in [0.717, 1.165) is 22.5 Å². The first-order valence-corrected chi connectivity index (χ1v) is 11.5. The van der Waals surface area contributed by atoms with Crippen molar-refractivity contribution in [2.45, 2.75) is 82.6 Å². The lowest BCUT2D eigenvalue weighted by Crippen LogP contribution is -2.15. The molecule has 0 saturated heterocycles. The summed E-state index contributed by atoms with van der Waals surface area (Å²) in [6, 6.07) is 10.3. The normalized spacial score (nSPS) is 15.6. The van der Waals surface area contributed by atoms with Crippen LogP contribution in [0.5, 0.6) is 5.75 Å². The molecule has 0 N–H and O–H groups in total. The number of ether oxygens (including phenoxy) is 1. The number of hydrogen-bond donors (Lipinski definition) is 0. The van der Waals surface area contributed by atoms with Crippen LogP contribution in [0, 0.1) is 0 Å². The van der Waals surface area contributed by atoms with Gasteiger partial charge in [-0.15, -0.1) is 11.8 Å². The minimum atomic E-state index is 0.118. The maximum absolute atomic E-state index is 11.8. The van der Waals surface area contributed by atoms with Crippen molar-refractivity contribution in [1.29, 1.82) is 0 Å². The van der Waals surface area contributed by atoms with Crippen LogP contribution in [0.1, 0.15) is 82.0 Å². The van der Waals surface area contributed by atoms with Crippen LogP contribution in [-0.2, 0) is 0 Å². The summed E-state index contributed by atoms with van der Waals surface area (Å²) >= 11 is 1.91. The number of Topliss-reactive ketones (excluding diaryl/α,β-unsaturated/α-hetero) is 1. The predicted octanol–water partition coefficient (Wildman–Crippen LogP) is 7.43. The van der Waals surface area contributed by atoms with Crippen molar-refractivity contribution in [2.75, 3.05) is 5.75 Å². The molecule has 1 aliphatic rings. The molecular formula is C24H32O2S. The predicted molar refractivity (Wildman–Crippen MR) is 116 cm³/mol. The number of carbonyl (C=O) groups excluding carboxylic acids is 1. The van der Waals surface area contributed by atoms with E-state index in [1.807, 2.05) is 23.9 Å². The number of unbranched alkanes of at least 4 members (excludes halogenated alkanes) is 2. The van der Waals surface area contributed by atoms with E-state index >= 15 is 0 Å². The van der Waals surface area contributed by atoms with Gasteiger partial charge in [0.05, 0.1) is 11.0 Å². The minimum Gasteiger partial charge on any atom is -0.489 e. The molecule has 0 heterocycles. The van der Waals surface area contributed by atoms with Crippen LogP contribution in [0.4, 0.5) is 0 Å². The van der Waals surface area contributed by atoms with Crippen LogP contribution in [-0.4, -0.2) is 17.6 Å². The largest absolute Gasteiger partial charge is 0.489 e. The Balaban J connectivity index is 1.89. The Morgan fingerprint density at radius 3 is 2.56 bits per heavy atom. The quantitative estimate of drug-likeness (QED) is 0.205. The molecule has 0 spiro atoms. The number of benzene rings is 2. The van der Waals surface area contributed by atoms with E-state index in [4.69, 9.17) is 4.74 Å². The van der Waals surface area contributed by atoms with Gasteiger partial charge in [0.15, 0.2) is 5.78 Å². The van der Waals surface area contributed by atoms with Crippen LogP contribution < -0.4 is 4.74 Å². The summed E-state index contributed by atoms with van der Waals surface area (Å²) in [5, 5.41) is 2.35.